The van der Waals surface area contributed by atoms with Gasteiger partial charge in [0.1, 0.15) is 0 Å². The number of ether oxygens (including phenoxy) is 2. The molecule has 4 nitrogen and oxygen atoms in total. The second-order valence-corrected chi connectivity index (χ2v) is 4.31. The number of methoxy groups -OCH3 is 1. The molecule has 0 atom stereocenters. The highest BCUT2D eigenvalue weighted by Crippen LogP contribution is 2.31. The zero-order valence-electron chi connectivity index (χ0n) is 9.55. The molecular weight excluding hydrogens is 296 g/mol. The zero-order valence-corrected chi connectivity index (χ0v) is 11.1. The summed E-state index contributed by atoms with van der Waals surface area (Å²) in [5, 5.41) is 8.80. The first-order valence-electron chi connectivity index (χ1n) is 5.10. The first-order chi connectivity index (χ1) is 8.72. The van der Waals surface area contributed by atoms with Crippen LogP contribution in [0.2, 0.25) is 0 Å². The summed E-state index contributed by atoms with van der Waals surface area (Å²) in [6.07, 6.45) is 1.64. The average molecular weight is 305 g/mol. The van der Waals surface area contributed by atoms with Crippen LogP contribution in [-0.4, -0.2) is 12.1 Å². The summed E-state index contributed by atoms with van der Waals surface area (Å²) in [7, 11) is 1.53. The number of pyridine rings is 1. The SMILES string of the molecule is COc1cc(C#N)ccc1Oc1ccc(Br)cn1. The topological polar surface area (TPSA) is 55.1 Å². The number of halogens is 1. The van der Waals surface area contributed by atoms with E-state index in [2.05, 4.69) is 20.9 Å². The molecule has 0 saturated carbocycles. The lowest BCUT2D eigenvalue weighted by atomic mass is 10.2. The molecule has 0 fully saturated rings. The van der Waals surface area contributed by atoms with Gasteiger partial charge in [-0.05, 0) is 34.1 Å². The maximum Gasteiger partial charge on any atom is 0.219 e. The summed E-state index contributed by atoms with van der Waals surface area (Å²) in [5.41, 5.74) is 0.517. The van der Waals surface area contributed by atoms with Crippen molar-refractivity contribution in [3.05, 3.63) is 46.6 Å². The average Bonchev–Trinajstić information content (AvgIpc) is 2.41. The molecule has 0 saturated heterocycles. The lowest BCUT2D eigenvalue weighted by Crippen LogP contribution is -1.92. The molecule has 2 aromatic rings. The van der Waals surface area contributed by atoms with E-state index in [0.29, 0.717) is 22.9 Å². The summed E-state index contributed by atoms with van der Waals surface area (Å²) in [6, 6.07) is 10.6. The van der Waals surface area contributed by atoms with E-state index in [1.54, 1.807) is 30.5 Å². The molecule has 2 rings (SSSR count). The third-order valence-corrected chi connectivity index (χ3v) is 2.68. The highest BCUT2D eigenvalue weighted by molar-refractivity contribution is 9.10. The molecule has 1 aromatic carbocycles. The Labute approximate surface area is 113 Å². The first-order valence-corrected chi connectivity index (χ1v) is 5.90. The van der Waals surface area contributed by atoms with Gasteiger partial charge in [0.05, 0.1) is 18.7 Å². The van der Waals surface area contributed by atoms with E-state index in [1.807, 2.05) is 12.1 Å². The Kier molecular flexibility index (Phi) is 3.80. The smallest absolute Gasteiger partial charge is 0.219 e. The van der Waals surface area contributed by atoms with Gasteiger partial charge in [-0.1, -0.05) is 0 Å². The van der Waals surface area contributed by atoms with Gasteiger partial charge in [0, 0.05) is 22.8 Å². The van der Waals surface area contributed by atoms with E-state index >= 15 is 0 Å². The van der Waals surface area contributed by atoms with Crippen LogP contribution in [0.5, 0.6) is 17.4 Å². The second-order valence-electron chi connectivity index (χ2n) is 3.39. The van der Waals surface area contributed by atoms with Gasteiger partial charge in [-0.15, -0.1) is 0 Å². The molecule has 0 amide bonds. The highest BCUT2D eigenvalue weighted by Gasteiger charge is 2.07. The number of benzene rings is 1. The van der Waals surface area contributed by atoms with Gasteiger partial charge in [-0.2, -0.15) is 5.26 Å². The normalized spacial score (nSPS) is 9.61. The lowest BCUT2D eigenvalue weighted by molar-refractivity contribution is 0.374. The van der Waals surface area contributed by atoms with Crippen LogP contribution in [0, 0.1) is 11.3 Å². The van der Waals surface area contributed by atoms with Gasteiger partial charge >= 0.3 is 0 Å². The van der Waals surface area contributed by atoms with Crippen LogP contribution >= 0.6 is 15.9 Å². The Balaban J connectivity index is 2.29. The summed E-state index contributed by atoms with van der Waals surface area (Å²) < 4.78 is 11.6. The van der Waals surface area contributed by atoms with E-state index in [9.17, 15) is 0 Å². The molecule has 18 heavy (non-hydrogen) atoms. The summed E-state index contributed by atoms with van der Waals surface area (Å²) in [6.45, 7) is 0. The fourth-order valence-corrected chi connectivity index (χ4v) is 1.59. The minimum atomic E-state index is 0.459. The predicted octanol–water partition coefficient (Wildman–Crippen LogP) is 3.52. The van der Waals surface area contributed by atoms with Crippen molar-refractivity contribution in [3.63, 3.8) is 0 Å². The van der Waals surface area contributed by atoms with Crippen molar-refractivity contribution in [1.29, 1.82) is 5.26 Å². The molecule has 90 valence electrons. The van der Waals surface area contributed by atoms with Crippen molar-refractivity contribution in [1.82, 2.24) is 4.98 Å². The molecule has 0 aliphatic rings. The van der Waals surface area contributed by atoms with Crippen LogP contribution < -0.4 is 9.47 Å². The van der Waals surface area contributed by atoms with Gasteiger partial charge < -0.3 is 9.47 Å². The van der Waals surface area contributed by atoms with E-state index < -0.39 is 0 Å². The van der Waals surface area contributed by atoms with E-state index in [1.165, 1.54) is 7.11 Å². The largest absolute Gasteiger partial charge is 0.493 e. The maximum atomic E-state index is 8.80. The molecule has 0 unspecified atom stereocenters. The van der Waals surface area contributed by atoms with Crippen molar-refractivity contribution in [3.8, 4) is 23.4 Å². The molecule has 0 aliphatic carbocycles. The standard InChI is InChI=1S/C13H9BrN2O2/c1-17-12-6-9(7-15)2-4-11(12)18-13-5-3-10(14)8-16-13/h2-6,8H,1H3. The van der Waals surface area contributed by atoms with Crippen molar-refractivity contribution >= 4 is 15.9 Å². The summed E-state index contributed by atoms with van der Waals surface area (Å²) in [4.78, 5) is 4.10. The van der Waals surface area contributed by atoms with E-state index in [4.69, 9.17) is 14.7 Å². The number of hydrogen-bond acceptors (Lipinski definition) is 4. The number of rotatable bonds is 3. The van der Waals surface area contributed by atoms with Gasteiger partial charge in [0.15, 0.2) is 11.5 Å². The lowest BCUT2D eigenvalue weighted by Gasteiger charge is -2.09. The fraction of sp³-hybridized carbons (Fsp3) is 0.0769. The first kappa shape index (κ1) is 12.4. The fourth-order valence-electron chi connectivity index (χ4n) is 1.36. The zero-order chi connectivity index (χ0) is 13.0. The molecule has 0 N–H and O–H groups in total. The molecule has 1 heterocycles. The molecule has 0 aliphatic heterocycles. The second kappa shape index (κ2) is 5.52. The molecule has 0 radical (unpaired) electrons. The summed E-state index contributed by atoms with van der Waals surface area (Å²) in [5.74, 6) is 1.48. The van der Waals surface area contributed by atoms with Crippen LogP contribution in [0.15, 0.2) is 41.0 Å². The maximum absolute atomic E-state index is 8.80. The quantitative estimate of drug-likeness (QED) is 0.870. The van der Waals surface area contributed by atoms with Crippen molar-refractivity contribution in [2.45, 2.75) is 0 Å². The molecular formula is C13H9BrN2O2. The van der Waals surface area contributed by atoms with Crippen LogP contribution in [0.25, 0.3) is 0 Å². The third-order valence-electron chi connectivity index (χ3n) is 2.21. The Hall–Kier alpha value is -2.06. The van der Waals surface area contributed by atoms with Gasteiger partial charge in [0.25, 0.3) is 0 Å². The van der Waals surface area contributed by atoms with Crippen LogP contribution in [0.1, 0.15) is 5.56 Å². The Bertz CT molecular complexity index is 591. The predicted molar refractivity (Wildman–Crippen MR) is 69.7 cm³/mol. The number of aromatic nitrogens is 1. The number of nitrogens with zero attached hydrogens (tertiary/aromatic N) is 2. The van der Waals surface area contributed by atoms with Crippen LogP contribution in [0.3, 0.4) is 0 Å². The minimum absolute atomic E-state index is 0.459. The number of hydrogen-bond donors (Lipinski definition) is 0. The van der Waals surface area contributed by atoms with Gasteiger partial charge in [-0.3, -0.25) is 0 Å². The Morgan fingerprint density at radius 2 is 2.06 bits per heavy atom. The Morgan fingerprint density at radius 3 is 2.67 bits per heavy atom. The van der Waals surface area contributed by atoms with E-state index in [-0.39, 0.29) is 0 Å². The third kappa shape index (κ3) is 2.79. The van der Waals surface area contributed by atoms with E-state index in [0.717, 1.165) is 4.47 Å². The Morgan fingerprint density at radius 1 is 1.22 bits per heavy atom. The van der Waals surface area contributed by atoms with Crippen molar-refractivity contribution in [2.75, 3.05) is 7.11 Å². The minimum Gasteiger partial charge on any atom is -0.493 e. The monoisotopic (exact) mass is 304 g/mol. The molecule has 1 aromatic heterocycles. The van der Waals surface area contributed by atoms with Crippen molar-refractivity contribution in [2.24, 2.45) is 0 Å². The highest BCUT2D eigenvalue weighted by atomic mass is 79.9. The van der Waals surface area contributed by atoms with Crippen LogP contribution in [-0.2, 0) is 0 Å². The molecule has 5 heteroatoms. The van der Waals surface area contributed by atoms with Gasteiger partial charge in [0.2, 0.25) is 5.88 Å². The molecule has 0 bridgehead atoms. The van der Waals surface area contributed by atoms with Gasteiger partial charge in [-0.25, -0.2) is 4.98 Å². The number of nitriles is 1. The molecule has 0 spiro atoms. The van der Waals surface area contributed by atoms with Crippen LogP contribution in [0.4, 0.5) is 0 Å². The summed E-state index contributed by atoms with van der Waals surface area (Å²) >= 11 is 3.30. The van der Waals surface area contributed by atoms with Crippen molar-refractivity contribution < 1.29 is 9.47 Å².